The Kier molecular flexibility index (Phi) is 6.45. The number of hydrogen-bond acceptors (Lipinski definition) is 5. The van der Waals surface area contributed by atoms with Gasteiger partial charge in [0, 0.05) is 11.3 Å². The topological polar surface area (TPSA) is 106 Å². The van der Waals surface area contributed by atoms with Gasteiger partial charge in [0.05, 0.1) is 17.5 Å². The van der Waals surface area contributed by atoms with E-state index in [1.54, 1.807) is 11.0 Å². The zero-order valence-corrected chi connectivity index (χ0v) is 18.1. The van der Waals surface area contributed by atoms with Gasteiger partial charge in [-0.2, -0.15) is 5.10 Å². The molecule has 0 saturated carbocycles. The lowest BCUT2D eigenvalue weighted by molar-refractivity contribution is 0.0931. The zero-order chi connectivity index (χ0) is 23.3. The van der Waals surface area contributed by atoms with E-state index in [0.717, 1.165) is 17.7 Å². The zero-order valence-electron chi connectivity index (χ0n) is 17.3. The third-order valence-corrected chi connectivity index (χ3v) is 6.26. The second-order valence-corrected chi connectivity index (χ2v) is 8.87. The van der Waals surface area contributed by atoms with Crippen LogP contribution < -0.4 is 10.0 Å². The monoisotopic (exact) mass is 465 g/mol. The van der Waals surface area contributed by atoms with Gasteiger partial charge in [0.15, 0.2) is 0 Å². The molecule has 0 fully saturated rings. The van der Waals surface area contributed by atoms with Crippen molar-refractivity contribution in [1.82, 2.24) is 20.1 Å². The summed E-state index contributed by atoms with van der Waals surface area (Å²) < 4.78 is 42.2. The van der Waals surface area contributed by atoms with Crippen molar-refractivity contribution in [3.63, 3.8) is 0 Å². The number of carbonyl (C=O) groups excluding carboxylic acids is 1. The fourth-order valence-electron chi connectivity index (χ4n) is 3.19. The predicted molar refractivity (Wildman–Crippen MR) is 120 cm³/mol. The number of amides is 1. The van der Waals surface area contributed by atoms with E-state index in [1.165, 1.54) is 42.7 Å². The lowest BCUT2D eigenvalue weighted by atomic mass is 10.1. The van der Waals surface area contributed by atoms with Gasteiger partial charge in [-0.1, -0.05) is 30.3 Å². The number of benzene rings is 3. The van der Waals surface area contributed by atoms with Crippen molar-refractivity contribution < 1.29 is 17.6 Å². The molecule has 33 heavy (non-hydrogen) atoms. The summed E-state index contributed by atoms with van der Waals surface area (Å²) in [6.45, 7) is 0.379. The molecule has 0 aliphatic carbocycles. The predicted octanol–water partition coefficient (Wildman–Crippen LogP) is 3.39. The smallest absolute Gasteiger partial charge is 0.261 e. The van der Waals surface area contributed by atoms with E-state index in [0.29, 0.717) is 12.1 Å². The van der Waals surface area contributed by atoms with E-state index in [2.05, 4.69) is 20.1 Å². The van der Waals surface area contributed by atoms with Crippen molar-refractivity contribution >= 4 is 21.6 Å². The third-order valence-electron chi connectivity index (χ3n) is 4.87. The van der Waals surface area contributed by atoms with Crippen LogP contribution in [-0.4, -0.2) is 29.1 Å². The molecule has 168 valence electrons. The molecule has 1 amide bonds. The van der Waals surface area contributed by atoms with Gasteiger partial charge < -0.3 is 5.32 Å². The molecule has 2 N–H and O–H groups in total. The highest BCUT2D eigenvalue weighted by Crippen LogP contribution is 2.19. The van der Waals surface area contributed by atoms with Gasteiger partial charge in [0.25, 0.3) is 15.9 Å². The number of anilines is 1. The van der Waals surface area contributed by atoms with Crippen molar-refractivity contribution in [2.24, 2.45) is 0 Å². The number of hydrogen-bond donors (Lipinski definition) is 2. The van der Waals surface area contributed by atoms with E-state index in [1.807, 2.05) is 30.3 Å². The first-order valence-electron chi connectivity index (χ1n) is 9.97. The van der Waals surface area contributed by atoms with Crippen LogP contribution in [0.3, 0.4) is 0 Å². The molecule has 0 saturated heterocycles. The van der Waals surface area contributed by atoms with Crippen molar-refractivity contribution in [1.29, 1.82) is 0 Å². The number of rotatable bonds is 8. The summed E-state index contributed by atoms with van der Waals surface area (Å²) in [6.07, 6.45) is 2.99. The molecule has 0 bridgehead atoms. The summed E-state index contributed by atoms with van der Waals surface area (Å²) in [6, 6.07) is 19.6. The first-order chi connectivity index (χ1) is 15.9. The van der Waals surface area contributed by atoms with Gasteiger partial charge in [-0.15, -0.1) is 0 Å². The Morgan fingerprint density at radius 3 is 2.30 bits per heavy atom. The summed E-state index contributed by atoms with van der Waals surface area (Å²) in [4.78, 5) is 16.8. The fourth-order valence-corrected chi connectivity index (χ4v) is 4.25. The SMILES string of the molecule is O=C(NC(Cn1cncn1)c1ccccc1)c1ccc(S(=O)(=O)Nc2ccc(F)cc2)cc1. The summed E-state index contributed by atoms with van der Waals surface area (Å²) in [5, 5.41) is 7.06. The van der Waals surface area contributed by atoms with Crippen LogP contribution >= 0.6 is 0 Å². The highest BCUT2D eigenvalue weighted by molar-refractivity contribution is 7.92. The molecule has 1 aromatic heterocycles. The molecule has 0 aliphatic rings. The minimum absolute atomic E-state index is 0.0226. The average molecular weight is 466 g/mol. The lowest BCUT2D eigenvalue weighted by Crippen LogP contribution is -2.31. The number of halogens is 1. The van der Waals surface area contributed by atoms with Gasteiger partial charge in [0.1, 0.15) is 18.5 Å². The van der Waals surface area contributed by atoms with Crippen LogP contribution in [0.4, 0.5) is 10.1 Å². The van der Waals surface area contributed by atoms with Crippen LogP contribution in [0.2, 0.25) is 0 Å². The fraction of sp³-hybridized carbons (Fsp3) is 0.0870. The van der Waals surface area contributed by atoms with Crippen molar-refractivity contribution in [2.75, 3.05) is 4.72 Å². The number of nitrogens with one attached hydrogen (secondary N) is 2. The maximum absolute atomic E-state index is 13.0. The second kappa shape index (κ2) is 9.61. The molecular formula is C23H20FN5O3S. The van der Waals surface area contributed by atoms with Gasteiger partial charge in [-0.3, -0.25) is 14.2 Å². The van der Waals surface area contributed by atoms with Crippen LogP contribution in [0.1, 0.15) is 22.0 Å². The molecule has 0 spiro atoms. The number of nitrogens with zero attached hydrogens (tertiary/aromatic N) is 3. The molecule has 4 aromatic rings. The first-order valence-corrected chi connectivity index (χ1v) is 11.5. The van der Waals surface area contributed by atoms with Crippen LogP contribution in [0.25, 0.3) is 0 Å². The Hall–Kier alpha value is -4.05. The maximum Gasteiger partial charge on any atom is 0.261 e. The van der Waals surface area contributed by atoms with Crippen molar-refractivity contribution in [2.45, 2.75) is 17.5 Å². The van der Waals surface area contributed by atoms with Crippen molar-refractivity contribution in [3.05, 3.63) is 108 Å². The van der Waals surface area contributed by atoms with Crippen LogP contribution in [-0.2, 0) is 16.6 Å². The number of sulfonamides is 1. The quantitative estimate of drug-likeness (QED) is 0.415. The summed E-state index contributed by atoms with van der Waals surface area (Å²) >= 11 is 0. The molecule has 10 heteroatoms. The highest BCUT2D eigenvalue weighted by atomic mass is 32.2. The Morgan fingerprint density at radius 1 is 0.970 bits per heavy atom. The van der Waals surface area contributed by atoms with E-state index in [4.69, 9.17) is 0 Å². The van der Waals surface area contributed by atoms with Crippen LogP contribution in [0.5, 0.6) is 0 Å². The molecule has 0 aliphatic heterocycles. The Bertz CT molecular complexity index is 1310. The highest BCUT2D eigenvalue weighted by Gasteiger charge is 2.19. The summed E-state index contributed by atoms with van der Waals surface area (Å²) in [5.41, 5.74) is 1.43. The minimum atomic E-state index is -3.89. The Morgan fingerprint density at radius 2 is 1.67 bits per heavy atom. The Balaban J connectivity index is 1.49. The minimum Gasteiger partial charge on any atom is -0.343 e. The van der Waals surface area contributed by atoms with E-state index >= 15 is 0 Å². The molecular weight excluding hydrogens is 445 g/mol. The number of aromatic nitrogens is 3. The molecule has 1 atom stereocenters. The maximum atomic E-state index is 13.0. The second-order valence-electron chi connectivity index (χ2n) is 7.19. The third kappa shape index (κ3) is 5.60. The first kappa shape index (κ1) is 22.2. The molecule has 1 heterocycles. The molecule has 4 rings (SSSR count). The van der Waals surface area contributed by atoms with Crippen LogP contribution in [0, 0.1) is 5.82 Å². The molecule has 3 aromatic carbocycles. The lowest BCUT2D eigenvalue weighted by Gasteiger charge is -2.19. The Labute approximate surface area is 190 Å². The van der Waals surface area contributed by atoms with Crippen LogP contribution in [0.15, 0.2) is 96.4 Å². The van der Waals surface area contributed by atoms with Gasteiger partial charge >= 0.3 is 0 Å². The number of carbonyl (C=O) groups is 1. The average Bonchev–Trinajstić information content (AvgIpc) is 3.34. The molecule has 1 unspecified atom stereocenters. The van der Waals surface area contributed by atoms with E-state index < -0.39 is 15.8 Å². The summed E-state index contributed by atoms with van der Waals surface area (Å²) in [5.74, 6) is -0.828. The van der Waals surface area contributed by atoms with Crippen molar-refractivity contribution in [3.8, 4) is 0 Å². The molecule has 0 radical (unpaired) electrons. The van der Waals surface area contributed by atoms with E-state index in [-0.39, 0.29) is 22.5 Å². The summed E-state index contributed by atoms with van der Waals surface area (Å²) in [7, 11) is -3.89. The van der Waals surface area contributed by atoms with Gasteiger partial charge in [-0.25, -0.2) is 17.8 Å². The van der Waals surface area contributed by atoms with Gasteiger partial charge in [-0.05, 0) is 54.1 Å². The molecule has 8 nitrogen and oxygen atoms in total. The van der Waals surface area contributed by atoms with Gasteiger partial charge in [0.2, 0.25) is 0 Å². The largest absolute Gasteiger partial charge is 0.343 e. The van der Waals surface area contributed by atoms with E-state index in [9.17, 15) is 17.6 Å². The standard InChI is InChI=1S/C23H20FN5O3S/c24-19-8-10-20(11-9-19)28-33(31,32)21-12-6-18(7-13-21)23(30)27-22(14-29-16-25-15-26-29)17-4-2-1-3-5-17/h1-13,15-16,22,28H,14H2,(H,27,30). The normalized spacial score (nSPS) is 12.2.